The minimum absolute atomic E-state index is 0.0447. The van der Waals surface area contributed by atoms with Crippen LogP contribution in [0, 0.1) is 10.1 Å². The second kappa shape index (κ2) is 9.09. The fraction of sp³-hybridized carbons (Fsp3) is 0.455. The van der Waals surface area contributed by atoms with Crippen LogP contribution in [0.15, 0.2) is 46.8 Å². The van der Waals surface area contributed by atoms with Gasteiger partial charge in [-0.2, -0.15) is 0 Å². The number of dihydropyridines is 1. The van der Waals surface area contributed by atoms with Crippen LogP contribution in [0.5, 0.6) is 0 Å². The Hall–Kier alpha value is -3.24. The van der Waals surface area contributed by atoms with Crippen molar-refractivity contribution in [2.45, 2.75) is 45.5 Å². The molecule has 1 N–H and O–H groups in total. The molecule has 1 saturated heterocycles. The largest absolute Gasteiger partial charge is 0.466 e. The van der Waals surface area contributed by atoms with Crippen LogP contribution in [0.25, 0.3) is 0 Å². The molecule has 1 aromatic rings. The molecule has 3 rings (SSSR count). The Morgan fingerprint density at radius 1 is 1.22 bits per heavy atom. The Balaban J connectivity index is 1.97. The van der Waals surface area contributed by atoms with Crippen molar-refractivity contribution in [2.75, 3.05) is 20.3 Å². The average Bonchev–Trinajstić information content (AvgIpc) is 3.09. The highest BCUT2D eigenvalue weighted by molar-refractivity contribution is 5.99. The van der Waals surface area contributed by atoms with E-state index < -0.39 is 34.7 Å². The quantitative estimate of drug-likeness (QED) is 0.399. The first kappa shape index (κ1) is 23.4. The average molecular weight is 446 g/mol. The van der Waals surface area contributed by atoms with Gasteiger partial charge < -0.3 is 24.3 Å². The van der Waals surface area contributed by atoms with Crippen LogP contribution in [0.4, 0.5) is 5.69 Å². The number of hydrogen-bond donors (Lipinski definition) is 1. The summed E-state index contributed by atoms with van der Waals surface area (Å²) in [5.41, 5.74) is 1.53. The number of rotatable bonds is 6. The molecule has 1 fully saturated rings. The summed E-state index contributed by atoms with van der Waals surface area (Å²) < 4.78 is 21.6. The zero-order valence-corrected chi connectivity index (χ0v) is 18.6. The van der Waals surface area contributed by atoms with Crippen molar-refractivity contribution in [3.05, 3.63) is 62.5 Å². The van der Waals surface area contributed by atoms with Gasteiger partial charge in [-0.25, -0.2) is 9.59 Å². The molecule has 10 heteroatoms. The summed E-state index contributed by atoms with van der Waals surface area (Å²) >= 11 is 0. The number of nitro groups is 1. The van der Waals surface area contributed by atoms with Gasteiger partial charge in [0.1, 0.15) is 12.7 Å². The molecular weight excluding hydrogens is 420 g/mol. The van der Waals surface area contributed by atoms with E-state index in [-0.39, 0.29) is 30.0 Å². The maximum Gasteiger partial charge on any atom is 0.336 e. The lowest BCUT2D eigenvalue weighted by molar-refractivity contribution is -0.384. The molecule has 2 aliphatic rings. The monoisotopic (exact) mass is 446 g/mol. The van der Waals surface area contributed by atoms with Gasteiger partial charge in [-0.1, -0.05) is 12.1 Å². The van der Waals surface area contributed by atoms with Crippen LogP contribution >= 0.6 is 0 Å². The highest BCUT2D eigenvalue weighted by Crippen LogP contribution is 2.40. The molecule has 2 heterocycles. The second-order valence-electron chi connectivity index (χ2n) is 8.03. The predicted octanol–water partition coefficient (Wildman–Crippen LogP) is 2.70. The first-order chi connectivity index (χ1) is 15.0. The Kier molecular flexibility index (Phi) is 6.65. The standard InChI is InChI=1S/C22H26N2O8/c1-12-17(20(25)29-5)19(14-7-6-8-15(9-14)24(27)28)18(13(2)23-12)21(26)30-10-16-11-31-22(3,4)32-16/h6-9,16,19,23H,10-11H2,1-5H3/t16-,19+/m0/s1. The highest BCUT2D eigenvalue weighted by atomic mass is 16.7. The number of esters is 2. The number of nitro benzene ring substituents is 1. The van der Waals surface area contributed by atoms with Gasteiger partial charge in [-0.05, 0) is 33.3 Å². The third-order valence-electron chi connectivity index (χ3n) is 5.27. The second-order valence-corrected chi connectivity index (χ2v) is 8.03. The van der Waals surface area contributed by atoms with Crippen molar-refractivity contribution in [3.8, 4) is 0 Å². The first-order valence-electron chi connectivity index (χ1n) is 10.0. The van der Waals surface area contributed by atoms with Crippen molar-refractivity contribution in [1.29, 1.82) is 0 Å². The van der Waals surface area contributed by atoms with E-state index in [1.165, 1.54) is 25.3 Å². The molecule has 2 atom stereocenters. The van der Waals surface area contributed by atoms with Gasteiger partial charge in [-0.3, -0.25) is 10.1 Å². The Morgan fingerprint density at radius 2 is 1.88 bits per heavy atom. The molecule has 0 aliphatic carbocycles. The Bertz CT molecular complexity index is 1010. The molecule has 0 spiro atoms. The van der Waals surface area contributed by atoms with E-state index in [4.69, 9.17) is 18.9 Å². The fourth-order valence-corrected chi connectivity index (χ4v) is 3.89. The van der Waals surface area contributed by atoms with Crippen LogP contribution in [-0.2, 0) is 28.5 Å². The molecule has 0 unspecified atom stereocenters. The maximum atomic E-state index is 13.2. The summed E-state index contributed by atoms with van der Waals surface area (Å²) in [6, 6.07) is 5.80. The number of ether oxygens (including phenoxy) is 4. The van der Waals surface area contributed by atoms with Crippen molar-refractivity contribution < 1.29 is 33.5 Å². The number of carbonyl (C=O) groups is 2. The van der Waals surface area contributed by atoms with E-state index in [9.17, 15) is 19.7 Å². The summed E-state index contributed by atoms with van der Waals surface area (Å²) in [6.45, 7) is 7.11. The predicted molar refractivity (Wildman–Crippen MR) is 112 cm³/mol. The van der Waals surface area contributed by atoms with E-state index in [1.54, 1.807) is 33.8 Å². The third-order valence-corrected chi connectivity index (χ3v) is 5.27. The molecule has 0 saturated carbocycles. The van der Waals surface area contributed by atoms with Crippen LogP contribution in [0.3, 0.4) is 0 Å². The number of nitrogens with zero attached hydrogens (tertiary/aromatic N) is 1. The number of allylic oxidation sites excluding steroid dienone is 2. The van der Waals surface area contributed by atoms with Gasteiger partial charge in [0.25, 0.3) is 5.69 Å². The number of nitrogens with one attached hydrogen (secondary N) is 1. The number of carbonyl (C=O) groups excluding carboxylic acids is 2. The van der Waals surface area contributed by atoms with E-state index in [0.29, 0.717) is 17.0 Å². The first-order valence-corrected chi connectivity index (χ1v) is 10.0. The minimum Gasteiger partial charge on any atom is -0.466 e. The van der Waals surface area contributed by atoms with Crippen molar-refractivity contribution >= 4 is 17.6 Å². The SMILES string of the molecule is COC(=O)C1=C(C)NC(C)=C(C(=O)OC[C@H]2COC(C)(C)O2)[C@@H]1c1cccc([N+](=O)[O-])c1. The topological polar surface area (TPSA) is 126 Å². The van der Waals surface area contributed by atoms with Crippen LogP contribution in [0.2, 0.25) is 0 Å². The zero-order valence-electron chi connectivity index (χ0n) is 18.6. The van der Waals surface area contributed by atoms with Gasteiger partial charge in [0.2, 0.25) is 0 Å². The Labute approximate surface area is 185 Å². The zero-order chi connectivity index (χ0) is 23.6. The van der Waals surface area contributed by atoms with E-state index in [2.05, 4.69) is 5.32 Å². The van der Waals surface area contributed by atoms with E-state index in [1.807, 2.05) is 0 Å². The van der Waals surface area contributed by atoms with Gasteiger partial charge in [0.05, 0.1) is 35.7 Å². The normalized spacial score (nSPS) is 22.4. The van der Waals surface area contributed by atoms with Crippen LogP contribution in [0.1, 0.15) is 39.2 Å². The van der Waals surface area contributed by atoms with E-state index in [0.717, 1.165) is 0 Å². The lowest BCUT2D eigenvalue weighted by Gasteiger charge is -2.30. The number of hydrogen-bond acceptors (Lipinski definition) is 9. The molecule has 172 valence electrons. The summed E-state index contributed by atoms with van der Waals surface area (Å²) in [7, 11) is 1.23. The van der Waals surface area contributed by atoms with Crippen molar-refractivity contribution in [3.63, 3.8) is 0 Å². The number of methoxy groups -OCH3 is 1. The maximum absolute atomic E-state index is 13.2. The molecule has 0 radical (unpaired) electrons. The number of benzene rings is 1. The molecule has 10 nitrogen and oxygen atoms in total. The summed E-state index contributed by atoms with van der Waals surface area (Å²) in [5, 5.41) is 14.3. The van der Waals surface area contributed by atoms with Crippen molar-refractivity contribution in [2.24, 2.45) is 0 Å². The smallest absolute Gasteiger partial charge is 0.336 e. The third kappa shape index (κ3) is 4.81. The molecule has 0 aromatic heterocycles. The summed E-state index contributed by atoms with van der Waals surface area (Å²) in [4.78, 5) is 36.6. The van der Waals surface area contributed by atoms with Gasteiger partial charge in [0.15, 0.2) is 5.79 Å². The van der Waals surface area contributed by atoms with Gasteiger partial charge in [-0.15, -0.1) is 0 Å². The van der Waals surface area contributed by atoms with Crippen LogP contribution < -0.4 is 5.32 Å². The van der Waals surface area contributed by atoms with Gasteiger partial charge in [0, 0.05) is 23.5 Å². The van der Waals surface area contributed by atoms with Gasteiger partial charge >= 0.3 is 11.9 Å². The highest BCUT2D eigenvalue weighted by Gasteiger charge is 2.39. The molecule has 0 amide bonds. The van der Waals surface area contributed by atoms with Crippen molar-refractivity contribution in [1.82, 2.24) is 5.32 Å². The lowest BCUT2D eigenvalue weighted by atomic mass is 9.80. The summed E-state index contributed by atoms with van der Waals surface area (Å²) in [6.07, 6.45) is -0.431. The van der Waals surface area contributed by atoms with Crippen LogP contribution in [-0.4, -0.2) is 49.1 Å². The fourth-order valence-electron chi connectivity index (χ4n) is 3.89. The number of non-ortho nitro benzene ring substituents is 1. The minimum atomic E-state index is -0.909. The molecule has 1 aromatic carbocycles. The Morgan fingerprint density at radius 3 is 2.44 bits per heavy atom. The van der Waals surface area contributed by atoms with E-state index >= 15 is 0 Å². The molecule has 0 bridgehead atoms. The summed E-state index contributed by atoms with van der Waals surface area (Å²) in [5.74, 6) is -3.00. The molecule has 2 aliphatic heterocycles. The molecular formula is C22H26N2O8. The lowest BCUT2D eigenvalue weighted by Crippen LogP contribution is -2.33. The molecule has 32 heavy (non-hydrogen) atoms.